The fourth-order valence-corrected chi connectivity index (χ4v) is 5.08. The minimum Gasteiger partial charge on any atom is -0.483 e. The van der Waals surface area contributed by atoms with Crippen molar-refractivity contribution in [2.24, 2.45) is 0 Å². The molecule has 0 aromatic heterocycles. The molecular formula is C21H25IN2O4S. The Bertz CT molecular complexity index is 955. The van der Waals surface area contributed by atoms with Gasteiger partial charge in [-0.2, -0.15) is 0 Å². The molecule has 0 spiro atoms. The third kappa shape index (κ3) is 6.42. The maximum Gasteiger partial charge on any atom is 0.262 e. The fraction of sp³-hybridized carbons (Fsp3) is 0.381. The van der Waals surface area contributed by atoms with E-state index in [0.717, 1.165) is 29.3 Å². The molecule has 2 N–H and O–H groups in total. The number of ether oxygens (including phenoxy) is 1. The predicted molar refractivity (Wildman–Crippen MR) is 122 cm³/mol. The van der Waals surface area contributed by atoms with Crippen LogP contribution in [0.1, 0.15) is 37.7 Å². The van der Waals surface area contributed by atoms with Gasteiger partial charge in [0.05, 0.1) is 4.90 Å². The molecule has 0 saturated heterocycles. The van der Waals surface area contributed by atoms with E-state index >= 15 is 0 Å². The Balaban J connectivity index is 1.58. The van der Waals surface area contributed by atoms with Crippen LogP contribution in [0.15, 0.2) is 47.4 Å². The Morgan fingerprint density at radius 2 is 1.79 bits per heavy atom. The van der Waals surface area contributed by atoms with Crippen molar-refractivity contribution in [2.75, 3.05) is 11.9 Å². The number of amides is 1. The second kappa shape index (κ2) is 9.90. The highest BCUT2D eigenvalue weighted by Gasteiger charge is 2.22. The average Bonchev–Trinajstić information content (AvgIpc) is 2.69. The number of hydrogen-bond acceptors (Lipinski definition) is 4. The van der Waals surface area contributed by atoms with Crippen LogP contribution in [0.4, 0.5) is 5.69 Å². The Morgan fingerprint density at radius 1 is 1.10 bits per heavy atom. The molecule has 1 aliphatic carbocycles. The number of carbonyl (C=O) groups is 1. The summed E-state index contributed by atoms with van der Waals surface area (Å²) in [4.78, 5) is 12.3. The van der Waals surface area contributed by atoms with Crippen molar-refractivity contribution in [2.45, 2.75) is 50.0 Å². The standard InChI is InChI=1S/C21H25IN2O4S/c1-15-13-19(29(26,27)24-18-5-3-2-4-6-18)11-12-20(15)28-14-21(25)23-17-9-7-16(22)8-10-17/h7-13,18,24H,2-6,14H2,1H3,(H,23,25). The van der Waals surface area contributed by atoms with Crippen molar-refractivity contribution in [1.29, 1.82) is 0 Å². The molecule has 2 aromatic carbocycles. The van der Waals surface area contributed by atoms with Crippen LogP contribution in [0.5, 0.6) is 5.75 Å². The summed E-state index contributed by atoms with van der Waals surface area (Å²) in [6.07, 6.45) is 5.05. The van der Waals surface area contributed by atoms with Crippen molar-refractivity contribution in [3.63, 3.8) is 0 Å². The lowest BCUT2D eigenvalue weighted by Crippen LogP contribution is -2.36. The van der Waals surface area contributed by atoms with Crippen molar-refractivity contribution >= 4 is 44.2 Å². The monoisotopic (exact) mass is 528 g/mol. The number of anilines is 1. The lowest BCUT2D eigenvalue weighted by atomic mass is 9.96. The SMILES string of the molecule is Cc1cc(S(=O)(=O)NC2CCCCC2)ccc1OCC(=O)Nc1ccc(I)cc1. The number of benzene rings is 2. The van der Waals surface area contributed by atoms with Gasteiger partial charge < -0.3 is 10.1 Å². The molecule has 6 nitrogen and oxygen atoms in total. The van der Waals surface area contributed by atoms with Gasteiger partial charge in [0.25, 0.3) is 5.91 Å². The second-order valence-corrected chi connectivity index (χ2v) is 10.2. The van der Waals surface area contributed by atoms with Crippen molar-refractivity contribution < 1.29 is 17.9 Å². The summed E-state index contributed by atoms with van der Waals surface area (Å²) < 4.78 is 34.8. The van der Waals surface area contributed by atoms with Crippen molar-refractivity contribution in [3.8, 4) is 5.75 Å². The summed E-state index contributed by atoms with van der Waals surface area (Å²) >= 11 is 2.20. The number of carbonyl (C=O) groups excluding carboxylic acids is 1. The molecule has 1 amide bonds. The first-order chi connectivity index (χ1) is 13.8. The van der Waals surface area contributed by atoms with E-state index in [1.165, 1.54) is 12.5 Å². The fourth-order valence-electron chi connectivity index (χ4n) is 3.33. The second-order valence-electron chi connectivity index (χ2n) is 7.23. The molecule has 0 aliphatic heterocycles. The van der Waals surface area contributed by atoms with E-state index in [4.69, 9.17) is 4.74 Å². The van der Waals surface area contributed by atoms with Gasteiger partial charge >= 0.3 is 0 Å². The molecule has 0 heterocycles. The smallest absolute Gasteiger partial charge is 0.262 e. The Hall–Kier alpha value is -1.65. The van der Waals surface area contributed by atoms with Gasteiger partial charge in [-0.15, -0.1) is 0 Å². The van der Waals surface area contributed by atoms with Gasteiger partial charge in [-0.05, 0) is 90.4 Å². The predicted octanol–water partition coefficient (Wildman–Crippen LogP) is 4.23. The molecule has 0 atom stereocenters. The van der Waals surface area contributed by atoms with E-state index in [0.29, 0.717) is 17.0 Å². The first-order valence-corrected chi connectivity index (χ1v) is 12.2. The zero-order valence-electron chi connectivity index (χ0n) is 16.3. The van der Waals surface area contributed by atoms with Crippen molar-refractivity contribution in [3.05, 3.63) is 51.6 Å². The summed E-state index contributed by atoms with van der Waals surface area (Å²) in [5.41, 5.74) is 1.37. The zero-order valence-corrected chi connectivity index (χ0v) is 19.3. The summed E-state index contributed by atoms with van der Waals surface area (Å²) in [7, 11) is -3.56. The van der Waals surface area contributed by atoms with Gasteiger partial charge in [0.2, 0.25) is 10.0 Å². The quantitative estimate of drug-likeness (QED) is 0.527. The molecule has 0 radical (unpaired) electrons. The molecule has 29 heavy (non-hydrogen) atoms. The summed E-state index contributed by atoms with van der Waals surface area (Å²) in [6.45, 7) is 1.62. The zero-order chi connectivity index (χ0) is 20.9. The highest BCUT2D eigenvalue weighted by molar-refractivity contribution is 14.1. The molecule has 8 heteroatoms. The van der Waals surface area contributed by atoms with E-state index in [1.54, 1.807) is 19.1 Å². The molecule has 0 bridgehead atoms. The maximum absolute atomic E-state index is 12.6. The van der Waals surface area contributed by atoms with Gasteiger partial charge in [0, 0.05) is 15.3 Å². The number of hydrogen-bond donors (Lipinski definition) is 2. The van der Waals surface area contributed by atoms with Crippen LogP contribution in [0.25, 0.3) is 0 Å². The molecule has 1 fully saturated rings. The van der Waals surface area contributed by atoms with Gasteiger partial charge in [-0.1, -0.05) is 19.3 Å². The first kappa shape index (κ1) is 22.0. The van der Waals surface area contributed by atoms with E-state index in [2.05, 4.69) is 32.6 Å². The lowest BCUT2D eigenvalue weighted by molar-refractivity contribution is -0.118. The van der Waals surface area contributed by atoms with E-state index in [9.17, 15) is 13.2 Å². The third-order valence-electron chi connectivity index (χ3n) is 4.87. The van der Waals surface area contributed by atoms with Gasteiger partial charge in [-0.3, -0.25) is 4.79 Å². The van der Waals surface area contributed by atoms with Crippen LogP contribution in [-0.2, 0) is 14.8 Å². The first-order valence-electron chi connectivity index (χ1n) is 9.65. The number of aryl methyl sites for hydroxylation is 1. The van der Waals surface area contributed by atoms with Gasteiger partial charge in [-0.25, -0.2) is 13.1 Å². The summed E-state index contributed by atoms with van der Waals surface area (Å²) in [5, 5.41) is 2.77. The topological polar surface area (TPSA) is 84.5 Å². The molecular weight excluding hydrogens is 503 g/mol. The number of rotatable bonds is 7. The molecule has 0 unspecified atom stereocenters. The largest absolute Gasteiger partial charge is 0.483 e. The van der Waals surface area contributed by atoms with E-state index in [1.807, 2.05) is 24.3 Å². The highest BCUT2D eigenvalue weighted by atomic mass is 127. The van der Waals surface area contributed by atoms with E-state index in [-0.39, 0.29) is 23.5 Å². The number of halogens is 1. The van der Waals surface area contributed by atoms with Crippen LogP contribution >= 0.6 is 22.6 Å². The minimum atomic E-state index is -3.56. The number of nitrogens with one attached hydrogen (secondary N) is 2. The molecule has 3 rings (SSSR count). The Kier molecular flexibility index (Phi) is 7.53. The maximum atomic E-state index is 12.6. The van der Waals surface area contributed by atoms with Crippen molar-refractivity contribution in [1.82, 2.24) is 4.72 Å². The summed E-state index contributed by atoms with van der Waals surface area (Å²) in [5.74, 6) is 0.209. The van der Waals surface area contributed by atoms with Crippen LogP contribution in [0.2, 0.25) is 0 Å². The van der Waals surface area contributed by atoms with Gasteiger partial charge in [0.1, 0.15) is 5.75 Å². The number of sulfonamides is 1. The summed E-state index contributed by atoms with van der Waals surface area (Å²) in [6, 6.07) is 12.2. The minimum absolute atomic E-state index is 0.00921. The van der Waals surface area contributed by atoms with E-state index < -0.39 is 10.0 Å². The highest BCUT2D eigenvalue weighted by Crippen LogP contribution is 2.24. The Labute approximate surface area is 185 Å². The Morgan fingerprint density at radius 3 is 2.45 bits per heavy atom. The normalized spacial score (nSPS) is 15.1. The molecule has 2 aromatic rings. The molecule has 156 valence electrons. The van der Waals surface area contributed by atoms with Crippen LogP contribution in [-0.4, -0.2) is 27.0 Å². The molecule has 1 aliphatic rings. The lowest BCUT2D eigenvalue weighted by Gasteiger charge is -2.22. The van der Waals surface area contributed by atoms with Crippen LogP contribution in [0.3, 0.4) is 0 Å². The molecule has 1 saturated carbocycles. The average molecular weight is 528 g/mol. The van der Waals surface area contributed by atoms with Gasteiger partial charge in [0.15, 0.2) is 6.61 Å². The third-order valence-corrected chi connectivity index (χ3v) is 7.11. The van der Waals surface area contributed by atoms with Crippen LogP contribution in [0, 0.1) is 10.5 Å². The van der Waals surface area contributed by atoms with Crippen LogP contribution < -0.4 is 14.8 Å².